The lowest BCUT2D eigenvalue weighted by Crippen LogP contribution is -2.51. The second-order valence-corrected chi connectivity index (χ2v) is 8.60. The average molecular weight is 461 g/mol. The number of thiophene rings is 1. The van der Waals surface area contributed by atoms with Gasteiger partial charge in [-0.2, -0.15) is 0 Å². The number of fused-ring (bicyclic) bond motifs is 2. The highest BCUT2D eigenvalue weighted by atomic mass is 32.1. The van der Waals surface area contributed by atoms with E-state index in [1.807, 2.05) is 36.4 Å². The van der Waals surface area contributed by atoms with Gasteiger partial charge in [0, 0.05) is 11.9 Å². The quantitative estimate of drug-likeness (QED) is 0.505. The zero-order valence-corrected chi connectivity index (χ0v) is 18.5. The molecule has 9 heteroatoms. The number of anilines is 1. The van der Waals surface area contributed by atoms with E-state index in [1.165, 1.54) is 34.2 Å². The van der Waals surface area contributed by atoms with Crippen LogP contribution in [0.15, 0.2) is 71.8 Å². The molecule has 1 aliphatic rings. The molecule has 0 bridgehead atoms. The largest absolute Gasteiger partial charge is 0.477 e. The molecule has 1 aliphatic heterocycles. The summed E-state index contributed by atoms with van der Waals surface area (Å²) in [4.78, 5) is 46.0. The summed E-state index contributed by atoms with van der Waals surface area (Å²) < 4.78 is 7.06. The first-order valence-electron chi connectivity index (χ1n) is 10.4. The predicted octanol–water partition coefficient (Wildman–Crippen LogP) is 2.67. The maximum absolute atomic E-state index is 13.3. The van der Waals surface area contributed by atoms with Crippen molar-refractivity contribution in [3.63, 3.8) is 0 Å². The van der Waals surface area contributed by atoms with Gasteiger partial charge in [0.05, 0.1) is 23.9 Å². The Morgan fingerprint density at radius 1 is 1.15 bits per heavy atom. The fourth-order valence-corrected chi connectivity index (χ4v) is 4.81. The van der Waals surface area contributed by atoms with Gasteiger partial charge in [-0.1, -0.05) is 42.5 Å². The van der Waals surface area contributed by atoms with Gasteiger partial charge in [-0.15, -0.1) is 11.3 Å². The van der Waals surface area contributed by atoms with Gasteiger partial charge in [-0.25, -0.2) is 4.98 Å². The molecule has 0 spiro atoms. The smallest absolute Gasteiger partial charge is 0.262 e. The van der Waals surface area contributed by atoms with Gasteiger partial charge in [0.25, 0.3) is 11.5 Å². The number of aromatic nitrogens is 2. The Morgan fingerprint density at radius 2 is 1.91 bits per heavy atom. The molecule has 166 valence electrons. The molecule has 1 N–H and O–H groups in total. The van der Waals surface area contributed by atoms with Crippen LogP contribution in [0.25, 0.3) is 20.7 Å². The zero-order chi connectivity index (χ0) is 22.9. The second kappa shape index (κ2) is 8.51. The summed E-state index contributed by atoms with van der Waals surface area (Å²) in [6.45, 7) is -0.149. The molecule has 8 nitrogen and oxygen atoms in total. The Kier molecular flexibility index (Phi) is 5.39. The molecule has 1 atom stereocenters. The maximum atomic E-state index is 13.3. The summed E-state index contributed by atoms with van der Waals surface area (Å²) in [5.74, 6) is -0.215. The summed E-state index contributed by atoms with van der Waals surface area (Å²) in [5, 5.41) is 3.03. The van der Waals surface area contributed by atoms with Crippen LogP contribution in [0.2, 0.25) is 0 Å². The molecular formula is C24H20N4O4S. The molecule has 2 aromatic carbocycles. The summed E-state index contributed by atoms with van der Waals surface area (Å²) in [6, 6.07) is 18.6. The number of rotatable bonds is 4. The van der Waals surface area contributed by atoms with Crippen molar-refractivity contribution in [3.8, 4) is 16.2 Å². The lowest BCUT2D eigenvalue weighted by atomic mass is 10.1. The molecule has 3 heterocycles. The number of hydrogen-bond acceptors (Lipinski definition) is 6. The molecule has 0 saturated heterocycles. The van der Waals surface area contributed by atoms with E-state index in [1.54, 1.807) is 24.3 Å². The molecular weight excluding hydrogens is 440 g/mol. The van der Waals surface area contributed by atoms with Gasteiger partial charge in [0.2, 0.25) is 5.91 Å². The number of amides is 2. The number of carbonyl (C=O) groups excluding carboxylic acids is 2. The second-order valence-electron chi connectivity index (χ2n) is 7.57. The molecule has 0 fully saturated rings. The van der Waals surface area contributed by atoms with Gasteiger partial charge in [0.15, 0.2) is 6.10 Å². The Labute approximate surface area is 193 Å². The molecule has 2 amide bonds. The monoisotopic (exact) mass is 460 g/mol. The van der Waals surface area contributed by atoms with Crippen molar-refractivity contribution >= 4 is 39.1 Å². The normalized spacial score (nSPS) is 15.1. The van der Waals surface area contributed by atoms with E-state index in [9.17, 15) is 14.4 Å². The molecule has 2 aromatic heterocycles. The zero-order valence-electron chi connectivity index (χ0n) is 17.7. The van der Waals surface area contributed by atoms with Gasteiger partial charge in [-0.3, -0.25) is 19.0 Å². The van der Waals surface area contributed by atoms with Crippen molar-refractivity contribution in [1.29, 1.82) is 0 Å². The van der Waals surface area contributed by atoms with Crippen molar-refractivity contribution < 1.29 is 14.3 Å². The number of likely N-dealkylation sites (N-methyl/N-ethyl adjacent to an activating group) is 1. The van der Waals surface area contributed by atoms with Crippen LogP contribution >= 0.6 is 11.3 Å². The third-order valence-corrected chi connectivity index (χ3v) is 6.59. The summed E-state index contributed by atoms with van der Waals surface area (Å²) in [5.41, 5.74) is 1.29. The van der Waals surface area contributed by atoms with E-state index >= 15 is 0 Å². The third-order valence-electron chi connectivity index (χ3n) is 5.50. The van der Waals surface area contributed by atoms with E-state index in [4.69, 9.17) is 4.74 Å². The van der Waals surface area contributed by atoms with Crippen molar-refractivity contribution in [2.75, 3.05) is 18.5 Å². The topological polar surface area (TPSA) is 93.5 Å². The van der Waals surface area contributed by atoms with Crippen molar-refractivity contribution in [2.24, 2.45) is 0 Å². The molecule has 5 rings (SSSR count). The Balaban J connectivity index is 1.46. The first-order chi connectivity index (χ1) is 16.0. The first kappa shape index (κ1) is 20.9. The highest BCUT2D eigenvalue weighted by Crippen LogP contribution is 2.33. The standard InChI is InChI=1S/C24H20N4O4S/c1-25-22(30)19-12-28(17-9-5-6-10-18(17)32-19)21(29)13-27-14-26-23-16(24(27)31)11-20(33-23)15-7-3-2-4-8-15/h2-11,14,19H,12-13H2,1H3,(H,25,30)/t19-/m1/s1. The van der Waals surface area contributed by atoms with Crippen LogP contribution in [-0.4, -0.2) is 41.1 Å². The van der Waals surface area contributed by atoms with Gasteiger partial charge in [0.1, 0.15) is 17.1 Å². The molecule has 0 saturated carbocycles. The van der Waals surface area contributed by atoms with E-state index in [0.717, 1.165) is 10.4 Å². The van der Waals surface area contributed by atoms with E-state index in [2.05, 4.69) is 10.3 Å². The molecule has 33 heavy (non-hydrogen) atoms. The average Bonchev–Trinajstić information content (AvgIpc) is 3.30. The SMILES string of the molecule is CNC(=O)[C@H]1CN(C(=O)Cn2cnc3sc(-c4ccccc4)cc3c2=O)c2ccccc2O1. The Bertz CT molecular complexity index is 1410. The summed E-state index contributed by atoms with van der Waals surface area (Å²) in [7, 11) is 1.52. The summed E-state index contributed by atoms with van der Waals surface area (Å²) in [6.07, 6.45) is 0.563. The van der Waals surface area contributed by atoms with Gasteiger partial charge in [-0.05, 0) is 23.8 Å². The van der Waals surface area contributed by atoms with Crippen molar-refractivity contribution in [2.45, 2.75) is 12.6 Å². The summed E-state index contributed by atoms with van der Waals surface area (Å²) >= 11 is 1.44. The van der Waals surface area contributed by atoms with E-state index in [0.29, 0.717) is 21.7 Å². The van der Waals surface area contributed by atoms with Gasteiger partial charge < -0.3 is 15.0 Å². The molecule has 0 radical (unpaired) electrons. The van der Waals surface area contributed by atoms with Crippen LogP contribution < -0.4 is 20.5 Å². The van der Waals surface area contributed by atoms with E-state index in [-0.39, 0.29) is 30.5 Å². The van der Waals surface area contributed by atoms with Gasteiger partial charge >= 0.3 is 0 Å². The number of para-hydroxylation sites is 2. The van der Waals surface area contributed by atoms with Crippen LogP contribution in [0.5, 0.6) is 5.75 Å². The van der Waals surface area contributed by atoms with Crippen LogP contribution in [0.4, 0.5) is 5.69 Å². The fourth-order valence-electron chi connectivity index (χ4n) is 3.82. The van der Waals surface area contributed by atoms with Crippen LogP contribution in [0, 0.1) is 0 Å². The lowest BCUT2D eigenvalue weighted by molar-refractivity contribution is -0.128. The fraction of sp³-hybridized carbons (Fsp3) is 0.167. The number of benzene rings is 2. The predicted molar refractivity (Wildman–Crippen MR) is 127 cm³/mol. The maximum Gasteiger partial charge on any atom is 0.262 e. The third kappa shape index (κ3) is 3.87. The minimum atomic E-state index is -0.837. The number of nitrogens with zero attached hydrogens (tertiary/aromatic N) is 3. The number of ether oxygens (including phenoxy) is 1. The minimum Gasteiger partial charge on any atom is -0.477 e. The Hall–Kier alpha value is -3.98. The lowest BCUT2D eigenvalue weighted by Gasteiger charge is -2.34. The van der Waals surface area contributed by atoms with E-state index < -0.39 is 6.10 Å². The van der Waals surface area contributed by atoms with Crippen LogP contribution in [0.3, 0.4) is 0 Å². The van der Waals surface area contributed by atoms with Crippen LogP contribution in [-0.2, 0) is 16.1 Å². The Morgan fingerprint density at radius 3 is 2.70 bits per heavy atom. The molecule has 4 aromatic rings. The number of nitrogens with one attached hydrogen (secondary N) is 1. The number of carbonyl (C=O) groups is 2. The molecule has 0 unspecified atom stereocenters. The number of hydrogen-bond donors (Lipinski definition) is 1. The highest BCUT2D eigenvalue weighted by Gasteiger charge is 2.33. The van der Waals surface area contributed by atoms with Crippen molar-refractivity contribution in [1.82, 2.24) is 14.9 Å². The minimum absolute atomic E-state index is 0.0521. The highest BCUT2D eigenvalue weighted by molar-refractivity contribution is 7.21. The van der Waals surface area contributed by atoms with Crippen molar-refractivity contribution in [3.05, 3.63) is 77.3 Å². The first-order valence-corrected chi connectivity index (χ1v) is 11.2. The van der Waals surface area contributed by atoms with Crippen LogP contribution in [0.1, 0.15) is 0 Å². The molecule has 0 aliphatic carbocycles.